The zero-order valence-electron chi connectivity index (χ0n) is 16.9. The molecule has 3 rings (SSSR count). The smallest absolute Gasteiger partial charge is 0.213 e. The van der Waals surface area contributed by atoms with Gasteiger partial charge in [0.1, 0.15) is 0 Å². The van der Waals surface area contributed by atoms with Crippen LogP contribution in [-0.4, -0.2) is 37.3 Å². The van der Waals surface area contributed by atoms with E-state index in [1.54, 1.807) is 6.20 Å². The second-order valence-corrected chi connectivity index (χ2v) is 6.39. The number of benzene rings is 1. The van der Waals surface area contributed by atoms with Crippen LogP contribution in [-0.2, 0) is 6.54 Å². The summed E-state index contributed by atoms with van der Waals surface area (Å²) in [5.74, 6) is 2.88. The van der Waals surface area contributed by atoms with Crippen molar-refractivity contribution in [3.63, 3.8) is 0 Å². The van der Waals surface area contributed by atoms with Crippen LogP contribution in [0.4, 0.5) is 5.69 Å². The zero-order chi connectivity index (χ0) is 19.6. The number of halogens is 1. The summed E-state index contributed by atoms with van der Waals surface area (Å²) >= 11 is 0. The SMILES string of the molecule is CCCOc1ccc(CN=C(NCC)Nc2ccc3c(c2)OCCCO3)cn1.I. The van der Waals surface area contributed by atoms with Crippen molar-refractivity contribution in [2.45, 2.75) is 33.2 Å². The Morgan fingerprint density at radius 2 is 1.97 bits per heavy atom. The molecular formula is C21H29IN4O3. The molecule has 7 nitrogen and oxygen atoms in total. The van der Waals surface area contributed by atoms with E-state index in [9.17, 15) is 0 Å². The highest BCUT2D eigenvalue weighted by Crippen LogP contribution is 2.32. The van der Waals surface area contributed by atoms with Crippen LogP contribution in [0.25, 0.3) is 0 Å². The highest BCUT2D eigenvalue weighted by atomic mass is 127. The van der Waals surface area contributed by atoms with Gasteiger partial charge >= 0.3 is 0 Å². The maximum Gasteiger partial charge on any atom is 0.213 e. The van der Waals surface area contributed by atoms with E-state index >= 15 is 0 Å². The van der Waals surface area contributed by atoms with Gasteiger partial charge in [-0.25, -0.2) is 9.98 Å². The number of rotatable bonds is 7. The highest BCUT2D eigenvalue weighted by molar-refractivity contribution is 14.0. The lowest BCUT2D eigenvalue weighted by molar-refractivity contribution is 0.297. The van der Waals surface area contributed by atoms with Gasteiger partial charge in [0.05, 0.1) is 26.4 Å². The van der Waals surface area contributed by atoms with Crippen molar-refractivity contribution in [1.29, 1.82) is 0 Å². The fourth-order valence-corrected chi connectivity index (χ4v) is 2.65. The Bertz CT molecular complexity index is 784. The van der Waals surface area contributed by atoms with Gasteiger partial charge in [0.2, 0.25) is 5.88 Å². The first-order valence-electron chi connectivity index (χ1n) is 9.81. The Morgan fingerprint density at radius 1 is 1.14 bits per heavy atom. The van der Waals surface area contributed by atoms with E-state index in [2.05, 4.69) is 27.5 Å². The molecule has 0 radical (unpaired) electrons. The molecule has 158 valence electrons. The molecule has 0 saturated heterocycles. The molecule has 2 aromatic rings. The number of aromatic nitrogens is 1. The summed E-state index contributed by atoms with van der Waals surface area (Å²) in [5.41, 5.74) is 1.91. The fourth-order valence-electron chi connectivity index (χ4n) is 2.65. The van der Waals surface area contributed by atoms with Crippen molar-refractivity contribution in [2.75, 3.05) is 31.7 Å². The van der Waals surface area contributed by atoms with Crippen molar-refractivity contribution in [2.24, 2.45) is 4.99 Å². The summed E-state index contributed by atoms with van der Waals surface area (Å²) in [5, 5.41) is 6.57. The summed E-state index contributed by atoms with van der Waals surface area (Å²) in [4.78, 5) is 8.96. The number of hydrogen-bond acceptors (Lipinski definition) is 5. The zero-order valence-corrected chi connectivity index (χ0v) is 19.3. The van der Waals surface area contributed by atoms with Gasteiger partial charge < -0.3 is 24.8 Å². The van der Waals surface area contributed by atoms with Gasteiger partial charge in [0, 0.05) is 37.0 Å². The third kappa shape index (κ3) is 7.26. The number of pyridine rings is 1. The quantitative estimate of drug-likeness (QED) is 0.329. The second kappa shape index (κ2) is 12.4. The Hall–Kier alpha value is -2.23. The Labute approximate surface area is 189 Å². The van der Waals surface area contributed by atoms with Crippen LogP contribution < -0.4 is 24.8 Å². The molecule has 0 unspecified atom stereocenters. The summed E-state index contributed by atoms with van der Waals surface area (Å²) in [6.45, 7) is 7.40. The first kappa shape index (κ1) is 23.1. The number of ether oxygens (including phenoxy) is 3. The van der Waals surface area contributed by atoms with Crippen molar-refractivity contribution in [1.82, 2.24) is 10.3 Å². The van der Waals surface area contributed by atoms with Gasteiger partial charge in [0.15, 0.2) is 17.5 Å². The van der Waals surface area contributed by atoms with Crippen LogP contribution in [0, 0.1) is 0 Å². The molecule has 29 heavy (non-hydrogen) atoms. The molecule has 1 aliphatic rings. The first-order chi connectivity index (χ1) is 13.8. The summed E-state index contributed by atoms with van der Waals surface area (Å²) in [6, 6.07) is 9.69. The van der Waals surface area contributed by atoms with E-state index < -0.39 is 0 Å². The molecule has 0 atom stereocenters. The fraction of sp³-hybridized carbons (Fsp3) is 0.429. The molecule has 8 heteroatoms. The van der Waals surface area contributed by atoms with Gasteiger partial charge in [-0.05, 0) is 31.0 Å². The minimum Gasteiger partial charge on any atom is -0.490 e. The van der Waals surface area contributed by atoms with E-state index in [0.717, 1.165) is 42.1 Å². The lowest BCUT2D eigenvalue weighted by Gasteiger charge is -2.13. The van der Waals surface area contributed by atoms with Crippen molar-refractivity contribution in [3.8, 4) is 17.4 Å². The molecule has 1 aliphatic heterocycles. The molecule has 0 fully saturated rings. The standard InChI is InChI=1S/C21H28N4O3.HI/c1-3-10-28-20-9-6-16(14-23-20)15-24-21(22-4-2)25-17-7-8-18-19(13-17)27-12-5-11-26-18;/h6-9,13-14H,3-5,10-12,15H2,1-2H3,(H2,22,24,25);1H. The molecular weight excluding hydrogens is 483 g/mol. The predicted molar refractivity (Wildman–Crippen MR) is 126 cm³/mol. The van der Waals surface area contributed by atoms with Crippen LogP contribution in [0.3, 0.4) is 0 Å². The molecule has 0 aliphatic carbocycles. The first-order valence-corrected chi connectivity index (χ1v) is 9.81. The van der Waals surface area contributed by atoms with Gasteiger partial charge in [-0.3, -0.25) is 0 Å². The lowest BCUT2D eigenvalue weighted by Crippen LogP contribution is -2.30. The van der Waals surface area contributed by atoms with Crippen LogP contribution in [0.15, 0.2) is 41.5 Å². The topological polar surface area (TPSA) is 77.0 Å². The minimum absolute atomic E-state index is 0. The number of fused-ring (bicyclic) bond motifs is 1. The number of anilines is 1. The average Bonchev–Trinajstić information content (AvgIpc) is 2.96. The third-order valence-corrected chi connectivity index (χ3v) is 4.03. The Balaban J connectivity index is 0.00000300. The number of aliphatic imine (C=N–C) groups is 1. The predicted octanol–water partition coefficient (Wildman–Crippen LogP) is 4.23. The summed E-state index contributed by atoms with van der Waals surface area (Å²) < 4.78 is 16.9. The van der Waals surface area contributed by atoms with Crippen molar-refractivity contribution in [3.05, 3.63) is 42.1 Å². The molecule has 0 spiro atoms. The third-order valence-electron chi connectivity index (χ3n) is 4.03. The number of hydrogen-bond donors (Lipinski definition) is 2. The second-order valence-electron chi connectivity index (χ2n) is 6.39. The molecule has 0 saturated carbocycles. The monoisotopic (exact) mass is 512 g/mol. The van der Waals surface area contributed by atoms with Crippen LogP contribution >= 0.6 is 24.0 Å². The number of guanidine groups is 1. The van der Waals surface area contributed by atoms with Gasteiger partial charge in [-0.1, -0.05) is 13.0 Å². The number of nitrogens with one attached hydrogen (secondary N) is 2. The normalized spacial score (nSPS) is 13.1. The minimum atomic E-state index is 0. The molecule has 1 aromatic carbocycles. The summed E-state index contributed by atoms with van der Waals surface area (Å²) in [6.07, 6.45) is 3.65. The van der Waals surface area contributed by atoms with Crippen molar-refractivity contribution >= 4 is 35.6 Å². The van der Waals surface area contributed by atoms with E-state index in [0.29, 0.717) is 38.2 Å². The van der Waals surface area contributed by atoms with Crippen LogP contribution in [0.5, 0.6) is 17.4 Å². The van der Waals surface area contributed by atoms with Gasteiger partial charge in [0.25, 0.3) is 0 Å². The Kier molecular flexibility index (Phi) is 9.82. The number of nitrogens with zero attached hydrogens (tertiary/aromatic N) is 2. The highest BCUT2D eigenvalue weighted by Gasteiger charge is 2.11. The average molecular weight is 512 g/mol. The maximum absolute atomic E-state index is 5.75. The maximum atomic E-state index is 5.75. The van der Waals surface area contributed by atoms with Gasteiger partial charge in [-0.15, -0.1) is 24.0 Å². The Morgan fingerprint density at radius 3 is 2.69 bits per heavy atom. The van der Waals surface area contributed by atoms with Crippen LogP contribution in [0.1, 0.15) is 32.3 Å². The molecule has 0 bridgehead atoms. The van der Waals surface area contributed by atoms with E-state index in [1.165, 1.54) is 0 Å². The van der Waals surface area contributed by atoms with E-state index in [4.69, 9.17) is 14.2 Å². The van der Waals surface area contributed by atoms with Crippen molar-refractivity contribution < 1.29 is 14.2 Å². The molecule has 2 N–H and O–H groups in total. The van der Waals surface area contributed by atoms with Crippen LogP contribution in [0.2, 0.25) is 0 Å². The van der Waals surface area contributed by atoms with E-state index in [-0.39, 0.29) is 24.0 Å². The molecule has 1 aromatic heterocycles. The largest absolute Gasteiger partial charge is 0.490 e. The molecule has 0 amide bonds. The molecule has 2 heterocycles. The van der Waals surface area contributed by atoms with E-state index in [1.807, 2.05) is 37.3 Å². The van der Waals surface area contributed by atoms with Gasteiger partial charge in [-0.2, -0.15) is 0 Å². The lowest BCUT2D eigenvalue weighted by atomic mass is 10.2. The summed E-state index contributed by atoms with van der Waals surface area (Å²) in [7, 11) is 0.